The Hall–Kier alpha value is -3.04. The molecule has 1 unspecified atom stereocenters. The highest BCUT2D eigenvalue weighted by Crippen LogP contribution is 2.39. The highest BCUT2D eigenvalue weighted by atomic mass is 35.5. The molecule has 0 spiro atoms. The van der Waals surface area contributed by atoms with E-state index in [1.54, 1.807) is 17.7 Å². The van der Waals surface area contributed by atoms with Gasteiger partial charge in [-0.05, 0) is 44.9 Å². The molecule has 2 atom stereocenters. The summed E-state index contributed by atoms with van der Waals surface area (Å²) in [5, 5.41) is 16.7. The minimum atomic E-state index is -0.459. The summed E-state index contributed by atoms with van der Waals surface area (Å²) in [4.78, 5) is 23.5. The van der Waals surface area contributed by atoms with E-state index < -0.39 is 6.04 Å². The number of hydrogen-bond acceptors (Lipinski definition) is 7. The zero-order valence-electron chi connectivity index (χ0n) is 19.3. The molecule has 0 saturated heterocycles. The van der Waals surface area contributed by atoms with E-state index in [4.69, 9.17) is 16.6 Å². The van der Waals surface area contributed by atoms with Gasteiger partial charge in [-0.25, -0.2) is 0 Å². The second kappa shape index (κ2) is 9.31. The van der Waals surface area contributed by atoms with Crippen LogP contribution in [0.4, 0.5) is 0 Å². The molecular formula is C24H26ClN7OS. The molecule has 0 saturated carbocycles. The van der Waals surface area contributed by atoms with Crippen molar-refractivity contribution >= 4 is 40.9 Å². The molecular weight excluding hydrogens is 470 g/mol. The lowest BCUT2D eigenvalue weighted by atomic mass is 9.99. The summed E-state index contributed by atoms with van der Waals surface area (Å²) >= 11 is 7.86. The number of aliphatic imine (C=N–C) groups is 2. The van der Waals surface area contributed by atoms with Crippen LogP contribution >= 0.6 is 22.9 Å². The van der Waals surface area contributed by atoms with Gasteiger partial charge < -0.3 is 10.6 Å². The highest BCUT2D eigenvalue weighted by molar-refractivity contribution is 7.15. The molecule has 4 heterocycles. The van der Waals surface area contributed by atoms with Gasteiger partial charge in [0.1, 0.15) is 16.9 Å². The quantitative estimate of drug-likeness (QED) is 0.545. The summed E-state index contributed by atoms with van der Waals surface area (Å²) in [6, 6.07) is 7.51. The summed E-state index contributed by atoms with van der Waals surface area (Å²) in [5.74, 6) is 1.40. The first-order valence-electron chi connectivity index (χ1n) is 11.3. The number of aromatic nitrogens is 3. The van der Waals surface area contributed by atoms with Crippen molar-refractivity contribution in [3.05, 3.63) is 62.5 Å². The van der Waals surface area contributed by atoms with Gasteiger partial charge in [0.05, 0.1) is 25.0 Å². The molecule has 0 bridgehead atoms. The SMILES string of the molecule is Cc1sc2c(c1C)C(c1ccc(Cl)cc1)=N[C@@H](CC(=O)NCCC1CN=CN1)c1nnc(C)n1-2. The number of benzene rings is 1. The molecule has 2 aliphatic rings. The van der Waals surface area contributed by atoms with Crippen molar-refractivity contribution in [1.29, 1.82) is 0 Å². The van der Waals surface area contributed by atoms with Crippen LogP contribution in [0, 0.1) is 20.8 Å². The number of nitrogens with one attached hydrogen (secondary N) is 2. The number of carbonyl (C=O) groups excluding carboxylic acids is 1. The number of halogens is 1. The van der Waals surface area contributed by atoms with Crippen molar-refractivity contribution in [3.63, 3.8) is 0 Å². The zero-order chi connectivity index (χ0) is 23.8. The molecule has 0 aliphatic carbocycles. The first-order chi connectivity index (χ1) is 16.4. The molecule has 10 heteroatoms. The van der Waals surface area contributed by atoms with Gasteiger partial charge in [-0.2, -0.15) is 0 Å². The smallest absolute Gasteiger partial charge is 0.222 e. The molecule has 2 aliphatic heterocycles. The monoisotopic (exact) mass is 495 g/mol. The summed E-state index contributed by atoms with van der Waals surface area (Å²) < 4.78 is 2.06. The Morgan fingerprint density at radius 3 is 2.76 bits per heavy atom. The Balaban J connectivity index is 1.50. The standard InChI is InChI=1S/C24H26ClN7OS/c1-13-14(2)34-24-21(13)22(16-4-6-17(25)7-5-16)29-19(23-31-30-15(3)32(23)24)10-20(33)27-9-8-18-11-26-12-28-18/h4-7,12,18-19H,8-11H2,1-3H3,(H,26,28)(H,27,33)/t18?,19-/m0/s1. The Morgan fingerprint density at radius 2 is 2.03 bits per heavy atom. The Morgan fingerprint density at radius 1 is 1.24 bits per heavy atom. The average Bonchev–Trinajstić information content (AvgIpc) is 3.51. The van der Waals surface area contributed by atoms with E-state index in [0.717, 1.165) is 40.6 Å². The maximum absolute atomic E-state index is 12.9. The number of nitrogens with zero attached hydrogens (tertiary/aromatic N) is 5. The third kappa shape index (κ3) is 4.25. The van der Waals surface area contributed by atoms with Gasteiger partial charge in [-0.3, -0.25) is 19.3 Å². The zero-order valence-corrected chi connectivity index (χ0v) is 20.9. The molecule has 2 N–H and O–H groups in total. The van der Waals surface area contributed by atoms with Crippen LogP contribution in [-0.2, 0) is 4.79 Å². The molecule has 2 aromatic heterocycles. The normalized spacial score (nSPS) is 18.6. The molecule has 0 fully saturated rings. The van der Waals surface area contributed by atoms with Crippen LogP contribution in [0.5, 0.6) is 0 Å². The maximum Gasteiger partial charge on any atom is 0.222 e. The predicted octanol–water partition coefficient (Wildman–Crippen LogP) is 3.70. The van der Waals surface area contributed by atoms with Gasteiger partial charge in [-0.1, -0.05) is 23.7 Å². The summed E-state index contributed by atoms with van der Waals surface area (Å²) in [5.41, 5.74) is 4.04. The van der Waals surface area contributed by atoms with E-state index in [0.29, 0.717) is 17.4 Å². The molecule has 1 aromatic carbocycles. The van der Waals surface area contributed by atoms with Crippen LogP contribution in [0.1, 0.15) is 52.1 Å². The minimum absolute atomic E-state index is 0.0616. The van der Waals surface area contributed by atoms with Crippen LogP contribution in [0.3, 0.4) is 0 Å². The van der Waals surface area contributed by atoms with Crippen LogP contribution in [0.15, 0.2) is 34.3 Å². The number of carbonyl (C=O) groups is 1. The lowest BCUT2D eigenvalue weighted by Gasteiger charge is -2.14. The van der Waals surface area contributed by atoms with E-state index in [1.807, 2.05) is 31.2 Å². The number of fused-ring (bicyclic) bond motifs is 3. The topological polar surface area (TPSA) is 96.6 Å². The summed E-state index contributed by atoms with van der Waals surface area (Å²) in [6.07, 6.45) is 2.74. The minimum Gasteiger partial charge on any atom is -0.372 e. The number of thiophene rings is 1. The van der Waals surface area contributed by atoms with Crippen molar-refractivity contribution in [3.8, 4) is 5.00 Å². The van der Waals surface area contributed by atoms with Crippen molar-refractivity contribution in [2.24, 2.45) is 9.98 Å². The molecule has 1 amide bonds. The van der Waals surface area contributed by atoms with Crippen LogP contribution < -0.4 is 10.6 Å². The van der Waals surface area contributed by atoms with Crippen molar-refractivity contribution in [1.82, 2.24) is 25.4 Å². The molecule has 3 aromatic rings. The summed E-state index contributed by atoms with van der Waals surface area (Å²) in [6.45, 7) is 7.49. The number of hydrogen-bond donors (Lipinski definition) is 2. The van der Waals surface area contributed by atoms with E-state index in [-0.39, 0.29) is 18.4 Å². The van der Waals surface area contributed by atoms with E-state index >= 15 is 0 Å². The molecule has 0 radical (unpaired) electrons. The second-order valence-corrected chi connectivity index (χ2v) is 10.2. The molecule has 176 valence electrons. The number of amides is 1. The van der Waals surface area contributed by atoms with Crippen molar-refractivity contribution < 1.29 is 4.79 Å². The van der Waals surface area contributed by atoms with Crippen molar-refractivity contribution in [2.45, 2.75) is 45.7 Å². The fourth-order valence-electron chi connectivity index (χ4n) is 4.33. The van der Waals surface area contributed by atoms with Crippen LogP contribution in [0.2, 0.25) is 5.02 Å². The van der Waals surface area contributed by atoms with Crippen LogP contribution in [-0.4, -0.2) is 51.9 Å². The van der Waals surface area contributed by atoms with Crippen LogP contribution in [0.25, 0.3) is 5.00 Å². The van der Waals surface area contributed by atoms with Gasteiger partial charge in [-0.15, -0.1) is 21.5 Å². The third-order valence-electron chi connectivity index (χ3n) is 6.28. The van der Waals surface area contributed by atoms with Gasteiger partial charge in [0.15, 0.2) is 5.82 Å². The fourth-order valence-corrected chi connectivity index (χ4v) is 5.67. The van der Waals surface area contributed by atoms with Crippen molar-refractivity contribution in [2.75, 3.05) is 13.1 Å². The van der Waals surface area contributed by atoms with Gasteiger partial charge >= 0.3 is 0 Å². The fraction of sp³-hybridized carbons (Fsp3) is 0.375. The largest absolute Gasteiger partial charge is 0.372 e. The van der Waals surface area contributed by atoms with E-state index in [2.05, 4.69) is 44.2 Å². The molecule has 8 nitrogen and oxygen atoms in total. The number of rotatable bonds is 6. The molecule has 34 heavy (non-hydrogen) atoms. The lowest BCUT2D eigenvalue weighted by Crippen LogP contribution is -2.32. The van der Waals surface area contributed by atoms with E-state index in [1.165, 1.54) is 10.4 Å². The average molecular weight is 496 g/mol. The van der Waals surface area contributed by atoms with Gasteiger partial charge in [0.25, 0.3) is 0 Å². The van der Waals surface area contributed by atoms with E-state index in [9.17, 15) is 4.79 Å². The first kappa shape index (κ1) is 22.7. The van der Waals surface area contributed by atoms with Gasteiger partial charge in [0.2, 0.25) is 5.91 Å². The first-order valence-corrected chi connectivity index (χ1v) is 12.5. The Labute approximate surface area is 207 Å². The summed E-state index contributed by atoms with van der Waals surface area (Å²) in [7, 11) is 0. The second-order valence-electron chi connectivity index (χ2n) is 8.61. The highest BCUT2D eigenvalue weighted by Gasteiger charge is 2.32. The Kier molecular flexibility index (Phi) is 6.22. The lowest BCUT2D eigenvalue weighted by molar-refractivity contribution is -0.121. The third-order valence-corrected chi connectivity index (χ3v) is 7.72. The Bertz CT molecular complexity index is 1280. The maximum atomic E-state index is 12.9. The molecule has 5 rings (SSSR count). The predicted molar refractivity (Wildman–Crippen MR) is 136 cm³/mol. The van der Waals surface area contributed by atoms with Gasteiger partial charge in [0, 0.05) is 33.6 Å². The number of aryl methyl sites for hydroxylation is 2.